The van der Waals surface area contributed by atoms with Crippen molar-refractivity contribution in [2.45, 2.75) is 13.0 Å². The van der Waals surface area contributed by atoms with Crippen molar-refractivity contribution in [3.05, 3.63) is 76.8 Å². The van der Waals surface area contributed by atoms with Gasteiger partial charge in [0.15, 0.2) is 0 Å². The predicted molar refractivity (Wildman–Crippen MR) is 98.8 cm³/mol. The molecule has 0 fully saturated rings. The molecule has 7 nitrogen and oxygen atoms in total. The summed E-state index contributed by atoms with van der Waals surface area (Å²) in [6, 6.07) is 12.2. The molecule has 4 rings (SSSR count). The summed E-state index contributed by atoms with van der Waals surface area (Å²) in [5.41, 5.74) is 1.96. The Morgan fingerprint density at radius 1 is 1.19 bits per heavy atom. The molecule has 0 aliphatic carbocycles. The summed E-state index contributed by atoms with van der Waals surface area (Å²) < 4.78 is 1.65. The van der Waals surface area contributed by atoms with Crippen molar-refractivity contribution in [1.29, 1.82) is 0 Å². The van der Waals surface area contributed by atoms with E-state index in [4.69, 9.17) is 11.6 Å². The Kier molecular flexibility index (Phi) is 4.14. The number of hydrogen-bond donors (Lipinski definition) is 2. The van der Waals surface area contributed by atoms with Crippen LogP contribution in [0.2, 0.25) is 5.02 Å². The Hall–Kier alpha value is -3.19. The third-order valence-corrected chi connectivity index (χ3v) is 4.49. The minimum atomic E-state index is -0.494. The highest BCUT2D eigenvalue weighted by molar-refractivity contribution is 6.31. The molecule has 1 aliphatic heterocycles. The summed E-state index contributed by atoms with van der Waals surface area (Å²) in [4.78, 5) is 21.4. The molecule has 0 unspecified atom stereocenters. The number of halogens is 1. The number of carbonyl (C=O) groups is 1. The number of pyridine rings is 1. The minimum Gasteiger partial charge on any atom is -0.328 e. The Balaban J connectivity index is 1.80. The van der Waals surface area contributed by atoms with Crippen LogP contribution >= 0.6 is 11.6 Å². The molecule has 0 spiro atoms. The lowest BCUT2D eigenvalue weighted by Crippen LogP contribution is -2.31. The number of benzene rings is 1. The van der Waals surface area contributed by atoms with Crippen LogP contribution in [0.15, 0.2) is 66.3 Å². The summed E-state index contributed by atoms with van der Waals surface area (Å²) in [5.74, 6) is 0.752. The van der Waals surface area contributed by atoms with Crippen molar-refractivity contribution in [2.24, 2.45) is 0 Å². The van der Waals surface area contributed by atoms with Crippen LogP contribution in [0.5, 0.6) is 0 Å². The molecule has 1 amide bonds. The van der Waals surface area contributed by atoms with Crippen molar-refractivity contribution in [3.63, 3.8) is 0 Å². The van der Waals surface area contributed by atoms with Crippen LogP contribution in [0.1, 0.15) is 18.5 Å². The fourth-order valence-electron chi connectivity index (χ4n) is 2.99. The number of nitrogens with zero attached hydrogens (tertiary/aromatic N) is 4. The van der Waals surface area contributed by atoms with Gasteiger partial charge >= 0.3 is 0 Å². The molecular weight excluding hydrogens is 352 g/mol. The molecule has 0 bridgehead atoms. The van der Waals surface area contributed by atoms with Gasteiger partial charge in [-0.15, -0.1) is 0 Å². The van der Waals surface area contributed by atoms with E-state index >= 15 is 0 Å². The van der Waals surface area contributed by atoms with Crippen molar-refractivity contribution < 1.29 is 4.79 Å². The molecule has 26 heavy (non-hydrogen) atoms. The predicted octanol–water partition coefficient (Wildman–Crippen LogP) is 3.25. The summed E-state index contributed by atoms with van der Waals surface area (Å²) >= 11 is 6.42. The van der Waals surface area contributed by atoms with Crippen molar-refractivity contribution in [3.8, 4) is 0 Å². The molecule has 1 aromatic carbocycles. The second-order valence-corrected chi connectivity index (χ2v) is 6.19. The zero-order valence-electron chi connectivity index (χ0n) is 13.8. The number of carbonyl (C=O) groups excluding carboxylic acids is 1. The SMILES string of the molecule is CC1=C(C(=O)Nc2ccccn2)[C@H](c2ccccc2Cl)n2ncnc2N1. The van der Waals surface area contributed by atoms with Crippen LogP contribution in [0.4, 0.5) is 11.8 Å². The fourth-order valence-corrected chi connectivity index (χ4v) is 3.23. The topological polar surface area (TPSA) is 84.7 Å². The second-order valence-electron chi connectivity index (χ2n) is 5.79. The number of fused-ring (bicyclic) bond motifs is 1. The van der Waals surface area contributed by atoms with Crippen LogP contribution in [-0.4, -0.2) is 25.7 Å². The second kappa shape index (κ2) is 6.61. The lowest BCUT2D eigenvalue weighted by molar-refractivity contribution is -0.113. The first-order valence-electron chi connectivity index (χ1n) is 7.99. The van der Waals surface area contributed by atoms with E-state index < -0.39 is 6.04 Å². The first-order chi connectivity index (χ1) is 12.6. The van der Waals surface area contributed by atoms with Crippen molar-refractivity contribution in [1.82, 2.24) is 19.7 Å². The Morgan fingerprint density at radius 3 is 2.77 bits per heavy atom. The molecular formula is C18H15ClN6O. The number of nitrogens with one attached hydrogen (secondary N) is 2. The molecule has 130 valence electrons. The van der Waals surface area contributed by atoms with E-state index in [0.717, 1.165) is 5.56 Å². The first kappa shape index (κ1) is 16.3. The molecule has 8 heteroatoms. The molecule has 3 aromatic rings. The van der Waals surface area contributed by atoms with Gasteiger partial charge in [0, 0.05) is 22.5 Å². The maximum Gasteiger partial charge on any atom is 0.257 e. The lowest BCUT2D eigenvalue weighted by atomic mass is 9.95. The van der Waals surface area contributed by atoms with Gasteiger partial charge in [0.05, 0.1) is 5.57 Å². The zero-order chi connectivity index (χ0) is 18.1. The standard InChI is InChI=1S/C18H15ClN6O/c1-11-15(17(26)24-14-8-4-5-9-20-14)16(12-6-2-3-7-13(12)19)25-18(23-11)21-10-22-25/h2-10,16H,1H3,(H,20,24,26)(H,21,22,23)/t16-/m0/s1. The van der Waals surface area contributed by atoms with E-state index in [1.165, 1.54) is 6.33 Å². The normalized spacial score (nSPS) is 16.0. The maximum atomic E-state index is 13.1. The van der Waals surface area contributed by atoms with Crippen LogP contribution in [0.3, 0.4) is 0 Å². The molecule has 3 heterocycles. The summed E-state index contributed by atoms with van der Waals surface area (Å²) in [6.45, 7) is 1.83. The minimum absolute atomic E-state index is 0.278. The van der Waals surface area contributed by atoms with Gasteiger partial charge in [-0.1, -0.05) is 35.9 Å². The number of hydrogen-bond acceptors (Lipinski definition) is 5. The van der Waals surface area contributed by atoms with Crippen LogP contribution < -0.4 is 10.6 Å². The van der Waals surface area contributed by atoms with Crippen molar-refractivity contribution >= 4 is 29.3 Å². The number of anilines is 2. The van der Waals surface area contributed by atoms with Gasteiger partial charge in [0.2, 0.25) is 5.95 Å². The Morgan fingerprint density at radius 2 is 2.00 bits per heavy atom. The van der Waals surface area contributed by atoms with E-state index in [9.17, 15) is 4.79 Å². The molecule has 1 atom stereocenters. The van der Waals surface area contributed by atoms with Gasteiger partial charge in [-0.2, -0.15) is 10.1 Å². The molecule has 0 radical (unpaired) electrons. The summed E-state index contributed by atoms with van der Waals surface area (Å²) in [6.07, 6.45) is 3.07. The van der Waals surface area contributed by atoms with Gasteiger partial charge in [0.1, 0.15) is 18.2 Å². The van der Waals surface area contributed by atoms with Crippen LogP contribution in [-0.2, 0) is 4.79 Å². The molecule has 1 aliphatic rings. The average molecular weight is 367 g/mol. The number of amides is 1. The zero-order valence-corrected chi connectivity index (χ0v) is 14.6. The molecule has 0 saturated carbocycles. The Labute approximate surface area is 154 Å². The largest absolute Gasteiger partial charge is 0.328 e. The van der Waals surface area contributed by atoms with Gasteiger partial charge in [-0.3, -0.25) is 4.79 Å². The number of aromatic nitrogens is 4. The fraction of sp³-hybridized carbons (Fsp3) is 0.111. The summed E-state index contributed by atoms with van der Waals surface area (Å²) in [5, 5.41) is 10.8. The van der Waals surface area contributed by atoms with Gasteiger partial charge in [0.25, 0.3) is 5.91 Å². The highest BCUT2D eigenvalue weighted by Gasteiger charge is 2.34. The highest BCUT2D eigenvalue weighted by atomic mass is 35.5. The van der Waals surface area contributed by atoms with E-state index in [-0.39, 0.29) is 5.91 Å². The molecule has 2 N–H and O–H groups in total. The number of rotatable bonds is 3. The van der Waals surface area contributed by atoms with Gasteiger partial charge in [-0.25, -0.2) is 9.67 Å². The molecule has 0 saturated heterocycles. The van der Waals surface area contributed by atoms with E-state index in [1.807, 2.05) is 31.2 Å². The van der Waals surface area contributed by atoms with Crippen LogP contribution in [0.25, 0.3) is 0 Å². The van der Waals surface area contributed by atoms with Gasteiger partial charge in [-0.05, 0) is 25.1 Å². The quantitative estimate of drug-likeness (QED) is 0.743. The third kappa shape index (κ3) is 2.82. The van der Waals surface area contributed by atoms with Gasteiger partial charge < -0.3 is 10.6 Å². The number of allylic oxidation sites excluding steroid dienone is 1. The highest BCUT2D eigenvalue weighted by Crippen LogP contribution is 2.37. The van der Waals surface area contributed by atoms with Crippen molar-refractivity contribution in [2.75, 3.05) is 10.6 Å². The van der Waals surface area contributed by atoms with Crippen LogP contribution in [0, 0.1) is 0 Å². The third-order valence-electron chi connectivity index (χ3n) is 4.15. The van der Waals surface area contributed by atoms with E-state index in [2.05, 4.69) is 25.7 Å². The molecule has 2 aromatic heterocycles. The van der Waals surface area contributed by atoms with E-state index in [0.29, 0.717) is 28.1 Å². The first-order valence-corrected chi connectivity index (χ1v) is 8.37. The van der Waals surface area contributed by atoms with E-state index in [1.54, 1.807) is 29.1 Å². The average Bonchev–Trinajstić information content (AvgIpc) is 3.10. The lowest BCUT2D eigenvalue weighted by Gasteiger charge is -2.29. The Bertz CT molecular complexity index is 998. The summed E-state index contributed by atoms with van der Waals surface area (Å²) in [7, 11) is 0. The maximum absolute atomic E-state index is 13.1. The smallest absolute Gasteiger partial charge is 0.257 e. The monoisotopic (exact) mass is 366 g/mol.